The Hall–Kier alpha value is -2.00. The number of sulfonamides is 1. The Balaban J connectivity index is 2.41. The van der Waals surface area contributed by atoms with Crippen molar-refractivity contribution < 1.29 is 22.4 Å². The fraction of sp³-hybridized carbons (Fsp3) is 0.529. The molecular weight excluding hydrogens is 361 g/mol. The molecule has 9 heteroatoms. The number of nitrogens with zero attached hydrogens (tertiary/aromatic N) is 1. The average molecular weight is 387 g/mol. The molecule has 0 atom stereocenters. The molecule has 0 heterocycles. The predicted octanol–water partition coefficient (Wildman–Crippen LogP) is 1.26. The third kappa shape index (κ3) is 7.49. The number of hydrogen-bond acceptors (Lipinski definition) is 4. The van der Waals surface area contributed by atoms with Gasteiger partial charge in [-0.1, -0.05) is 0 Å². The zero-order valence-corrected chi connectivity index (χ0v) is 16.3. The van der Waals surface area contributed by atoms with E-state index < -0.39 is 15.8 Å². The standard InChI is InChI=1S/C17H26FN3O4S/c1-17(2,3)20-16(23)12-19-15(22)6-5-11-21(4)26(24,25)14-9-7-13(18)8-10-14/h7-10H,5-6,11-12H2,1-4H3,(H,19,22)(H,20,23). The summed E-state index contributed by atoms with van der Waals surface area (Å²) < 4.78 is 38.7. The van der Waals surface area contributed by atoms with E-state index in [1.165, 1.54) is 19.2 Å². The molecule has 7 nitrogen and oxygen atoms in total. The van der Waals surface area contributed by atoms with Crippen LogP contribution in [0.25, 0.3) is 0 Å². The fourth-order valence-electron chi connectivity index (χ4n) is 2.10. The molecule has 0 fully saturated rings. The summed E-state index contributed by atoms with van der Waals surface area (Å²) in [5.41, 5.74) is -0.376. The van der Waals surface area contributed by atoms with Gasteiger partial charge in [-0.15, -0.1) is 0 Å². The monoisotopic (exact) mass is 387 g/mol. The number of amides is 2. The van der Waals surface area contributed by atoms with E-state index in [0.717, 1.165) is 16.4 Å². The van der Waals surface area contributed by atoms with Crippen molar-refractivity contribution in [3.8, 4) is 0 Å². The van der Waals surface area contributed by atoms with Gasteiger partial charge in [-0.2, -0.15) is 0 Å². The van der Waals surface area contributed by atoms with Gasteiger partial charge in [0.2, 0.25) is 21.8 Å². The van der Waals surface area contributed by atoms with Crippen molar-refractivity contribution in [3.63, 3.8) is 0 Å². The molecule has 0 aliphatic heterocycles. The van der Waals surface area contributed by atoms with Crippen LogP contribution in [0, 0.1) is 5.82 Å². The maximum Gasteiger partial charge on any atom is 0.242 e. The van der Waals surface area contributed by atoms with Gasteiger partial charge in [0.15, 0.2) is 0 Å². The van der Waals surface area contributed by atoms with Crippen molar-refractivity contribution in [1.82, 2.24) is 14.9 Å². The number of rotatable bonds is 8. The van der Waals surface area contributed by atoms with E-state index in [4.69, 9.17) is 0 Å². The van der Waals surface area contributed by atoms with E-state index in [2.05, 4.69) is 10.6 Å². The Morgan fingerprint density at radius 2 is 1.69 bits per heavy atom. The largest absolute Gasteiger partial charge is 0.350 e. The van der Waals surface area contributed by atoms with Crippen molar-refractivity contribution in [2.24, 2.45) is 0 Å². The third-order valence-corrected chi connectivity index (χ3v) is 5.23. The molecule has 1 aromatic rings. The molecule has 0 bridgehead atoms. The van der Waals surface area contributed by atoms with Gasteiger partial charge in [0.25, 0.3) is 0 Å². The summed E-state index contributed by atoms with van der Waals surface area (Å²) in [6.07, 6.45) is 0.385. The lowest BCUT2D eigenvalue weighted by atomic mass is 10.1. The molecule has 0 aliphatic carbocycles. The van der Waals surface area contributed by atoms with E-state index in [1.807, 2.05) is 20.8 Å². The topological polar surface area (TPSA) is 95.6 Å². The van der Waals surface area contributed by atoms with Gasteiger partial charge < -0.3 is 10.6 Å². The molecule has 0 aromatic heterocycles. The Bertz CT molecular complexity index is 727. The second-order valence-corrected chi connectivity index (χ2v) is 9.00. The van der Waals surface area contributed by atoms with E-state index in [1.54, 1.807) is 0 Å². The SMILES string of the molecule is CN(CCCC(=O)NCC(=O)NC(C)(C)C)S(=O)(=O)c1ccc(F)cc1. The zero-order chi connectivity index (χ0) is 20.0. The first kappa shape index (κ1) is 22.0. The number of benzene rings is 1. The van der Waals surface area contributed by atoms with Crippen molar-refractivity contribution >= 4 is 21.8 Å². The normalized spacial score (nSPS) is 12.1. The number of nitrogens with one attached hydrogen (secondary N) is 2. The second kappa shape index (κ2) is 9.09. The highest BCUT2D eigenvalue weighted by atomic mass is 32.2. The Morgan fingerprint density at radius 1 is 1.12 bits per heavy atom. The van der Waals surface area contributed by atoms with Gasteiger partial charge in [-0.05, 0) is 51.5 Å². The molecule has 0 saturated heterocycles. The summed E-state index contributed by atoms with van der Waals surface area (Å²) >= 11 is 0. The van der Waals surface area contributed by atoms with Crippen LogP contribution in [-0.2, 0) is 19.6 Å². The Kier molecular flexibility index (Phi) is 7.70. The molecule has 0 saturated carbocycles. The van der Waals surface area contributed by atoms with Crippen molar-refractivity contribution in [1.29, 1.82) is 0 Å². The van der Waals surface area contributed by atoms with E-state index in [-0.39, 0.29) is 41.8 Å². The lowest BCUT2D eigenvalue weighted by Gasteiger charge is -2.20. The predicted molar refractivity (Wildman–Crippen MR) is 96.4 cm³/mol. The summed E-state index contributed by atoms with van der Waals surface area (Å²) in [4.78, 5) is 23.4. The van der Waals surface area contributed by atoms with E-state index in [0.29, 0.717) is 6.42 Å². The first-order valence-electron chi connectivity index (χ1n) is 8.21. The maximum absolute atomic E-state index is 12.9. The molecule has 0 aliphatic rings. The minimum absolute atomic E-state index is 0.00953. The first-order chi connectivity index (χ1) is 11.9. The van der Waals surface area contributed by atoms with E-state index >= 15 is 0 Å². The van der Waals surface area contributed by atoms with Crippen molar-refractivity contribution in [3.05, 3.63) is 30.1 Å². The summed E-state index contributed by atoms with van der Waals surface area (Å²) in [5.74, 6) is -1.14. The summed E-state index contributed by atoms with van der Waals surface area (Å²) in [6.45, 7) is 5.51. The molecule has 2 N–H and O–H groups in total. The highest BCUT2D eigenvalue weighted by molar-refractivity contribution is 7.89. The molecule has 1 aromatic carbocycles. The molecule has 2 amide bonds. The fourth-order valence-corrected chi connectivity index (χ4v) is 3.31. The number of halogens is 1. The van der Waals surface area contributed by atoms with Gasteiger partial charge >= 0.3 is 0 Å². The van der Waals surface area contributed by atoms with Crippen LogP contribution in [0.15, 0.2) is 29.2 Å². The number of carbonyl (C=O) groups excluding carboxylic acids is 2. The van der Waals surface area contributed by atoms with Gasteiger partial charge in [-0.3, -0.25) is 9.59 Å². The lowest BCUT2D eigenvalue weighted by molar-refractivity contribution is -0.126. The lowest BCUT2D eigenvalue weighted by Crippen LogP contribution is -2.45. The summed E-state index contributed by atoms with van der Waals surface area (Å²) in [6, 6.07) is 4.55. The van der Waals surface area contributed by atoms with Gasteiger partial charge in [0, 0.05) is 25.6 Å². The molecule has 146 valence electrons. The number of hydrogen-bond donors (Lipinski definition) is 2. The summed E-state index contributed by atoms with van der Waals surface area (Å²) in [7, 11) is -2.33. The van der Waals surface area contributed by atoms with Crippen LogP contribution in [0.2, 0.25) is 0 Å². The van der Waals surface area contributed by atoms with Crippen molar-refractivity contribution in [2.75, 3.05) is 20.1 Å². The molecule has 0 unspecified atom stereocenters. The molecule has 26 heavy (non-hydrogen) atoms. The van der Waals surface area contributed by atoms with Crippen LogP contribution in [-0.4, -0.2) is 50.2 Å². The Morgan fingerprint density at radius 3 is 2.23 bits per heavy atom. The quantitative estimate of drug-likeness (QED) is 0.702. The molecule has 0 radical (unpaired) electrons. The molecular formula is C17H26FN3O4S. The molecule has 1 rings (SSSR count). The second-order valence-electron chi connectivity index (χ2n) is 6.96. The van der Waals surface area contributed by atoms with Crippen LogP contribution < -0.4 is 10.6 Å². The third-order valence-electron chi connectivity index (χ3n) is 3.36. The van der Waals surface area contributed by atoms with Crippen LogP contribution >= 0.6 is 0 Å². The highest BCUT2D eigenvalue weighted by Crippen LogP contribution is 2.15. The first-order valence-corrected chi connectivity index (χ1v) is 9.65. The van der Waals surface area contributed by atoms with Crippen LogP contribution in [0.5, 0.6) is 0 Å². The van der Waals surface area contributed by atoms with Crippen LogP contribution in [0.4, 0.5) is 4.39 Å². The molecule has 0 spiro atoms. The van der Waals surface area contributed by atoms with Crippen LogP contribution in [0.3, 0.4) is 0 Å². The van der Waals surface area contributed by atoms with Gasteiger partial charge in [0.1, 0.15) is 5.82 Å². The van der Waals surface area contributed by atoms with E-state index in [9.17, 15) is 22.4 Å². The van der Waals surface area contributed by atoms with Crippen molar-refractivity contribution in [2.45, 2.75) is 44.0 Å². The smallest absolute Gasteiger partial charge is 0.242 e. The maximum atomic E-state index is 12.9. The zero-order valence-electron chi connectivity index (χ0n) is 15.5. The number of carbonyl (C=O) groups is 2. The minimum Gasteiger partial charge on any atom is -0.350 e. The van der Waals surface area contributed by atoms with Gasteiger partial charge in [0.05, 0.1) is 11.4 Å². The minimum atomic E-state index is -3.73. The average Bonchev–Trinajstić information content (AvgIpc) is 2.51. The Labute approximate surface area is 154 Å². The van der Waals surface area contributed by atoms with Gasteiger partial charge in [-0.25, -0.2) is 17.1 Å². The van der Waals surface area contributed by atoms with Crippen LogP contribution in [0.1, 0.15) is 33.6 Å². The highest BCUT2D eigenvalue weighted by Gasteiger charge is 2.20. The summed E-state index contributed by atoms with van der Waals surface area (Å²) in [5, 5.41) is 5.22.